The Kier molecular flexibility index (Phi) is 3.67. The Labute approximate surface area is 143 Å². The fourth-order valence-corrected chi connectivity index (χ4v) is 3.47. The highest BCUT2D eigenvalue weighted by Gasteiger charge is 2.31. The summed E-state index contributed by atoms with van der Waals surface area (Å²) >= 11 is 0. The molecule has 4 nitrogen and oxygen atoms in total. The van der Waals surface area contributed by atoms with Gasteiger partial charge in [-0.3, -0.25) is 0 Å². The lowest BCUT2D eigenvalue weighted by molar-refractivity contribution is 0.0580. The van der Waals surface area contributed by atoms with Crippen LogP contribution in [0.2, 0.25) is 0 Å². The first-order valence-corrected chi connectivity index (χ1v) is 8.46. The van der Waals surface area contributed by atoms with Crippen molar-refractivity contribution in [2.75, 3.05) is 0 Å². The van der Waals surface area contributed by atoms with Gasteiger partial charge in [0, 0.05) is 16.8 Å². The van der Waals surface area contributed by atoms with E-state index in [9.17, 15) is 14.3 Å². The van der Waals surface area contributed by atoms with Gasteiger partial charge in [0.05, 0.1) is 11.5 Å². The van der Waals surface area contributed by atoms with E-state index in [0.717, 1.165) is 10.8 Å². The van der Waals surface area contributed by atoms with Crippen molar-refractivity contribution in [3.05, 3.63) is 46.8 Å². The van der Waals surface area contributed by atoms with Crippen LogP contribution in [-0.4, -0.2) is 16.9 Å². The summed E-state index contributed by atoms with van der Waals surface area (Å²) in [6, 6.07) is 9.94. The van der Waals surface area contributed by atoms with Crippen LogP contribution >= 0.6 is 0 Å². The van der Waals surface area contributed by atoms with Crippen molar-refractivity contribution >= 4 is 21.7 Å². The van der Waals surface area contributed by atoms with Gasteiger partial charge in [-0.25, -0.2) is 9.18 Å². The first kappa shape index (κ1) is 15.9. The van der Waals surface area contributed by atoms with Crippen LogP contribution in [0.3, 0.4) is 0 Å². The van der Waals surface area contributed by atoms with Gasteiger partial charge in [-0.05, 0) is 62.9 Å². The fraction of sp³-hybridized carbons (Fsp3) is 0.350. The van der Waals surface area contributed by atoms with Crippen molar-refractivity contribution in [1.82, 2.24) is 0 Å². The molecule has 4 rings (SSSR count). The first-order valence-electron chi connectivity index (χ1n) is 8.46. The van der Waals surface area contributed by atoms with E-state index in [4.69, 9.17) is 9.15 Å². The van der Waals surface area contributed by atoms with Gasteiger partial charge in [0.15, 0.2) is 0 Å². The van der Waals surface area contributed by atoms with E-state index in [-0.39, 0.29) is 11.9 Å². The average molecular weight is 342 g/mol. The molecule has 0 spiro atoms. The van der Waals surface area contributed by atoms with Crippen LogP contribution in [0.15, 0.2) is 45.6 Å². The summed E-state index contributed by atoms with van der Waals surface area (Å²) in [7, 11) is 0. The predicted molar refractivity (Wildman–Crippen MR) is 94.1 cm³/mol. The van der Waals surface area contributed by atoms with Crippen molar-refractivity contribution in [1.29, 1.82) is 0 Å². The molecule has 0 unspecified atom stereocenters. The molecule has 130 valence electrons. The maximum Gasteiger partial charge on any atom is 0.344 e. The first-order chi connectivity index (χ1) is 11.9. The Bertz CT molecular complexity index is 996. The summed E-state index contributed by atoms with van der Waals surface area (Å²) in [5, 5.41) is 11.5. The third-order valence-corrected chi connectivity index (χ3v) is 4.95. The number of halogens is 1. The second kappa shape index (κ2) is 5.76. The van der Waals surface area contributed by atoms with E-state index < -0.39 is 11.3 Å². The van der Waals surface area contributed by atoms with E-state index in [1.807, 2.05) is 6.07 Å². The number of fused-ring (bicyclic) bond motifs is 3. The number of phenolic OH excluding ortho intramolecular Hbond substituents is 1. The number of hydrogen-bond acceptors (Lipinski definition) is 4. The Hall–Kier alpha value is -2.56. The second-order valence-corrected chi connectivity index (χ2v) is 7.01. The Morgan fingerprint density at radius 2 is 1.84 bits per heavy atom. The number of phenols is 1. The SMILES string of the molecule is CC1(F)CCC(Oc2ccc3c(=O)oc4cc(O)ccc4c3c2)CC1. The molecule has 1 N–H and O–H groups in total. The minimum Gasteiger partial charge on any atom is -0.508 e. The van der Waals surface area contributed by atoms with Crippen LogP contribution in [0.25, 0.3) is 21.7 Å². The van der Waals surface area contributed by atoms with Gasteiger partial charge in [-0.1, -0.05) is 0 Å². The molecule has 3 aromatic rings. The van der Waals surface area contributed by atoms with Crippen molar-refractivity contribution in [2.24, 2.45) is 0 Å². The van der Waals surface area contributed by atoms with Gasteiger partial charge in [0.2, 0.25) is 0 Å². The standard InChI is InChI=1S/C20H19FO4/c1-20(21)8-6-13(7-9-20)24-14-3-5-16-17(11-14)15-4-2-12(22)10-18(15)25-19(16)23/h2-5,10-11,13,22H,6-9H2,1H3. The normalized spacial score (nSPS) is 23.8. The molecule has 5 heteroatoms. The van der Waals surface area contributed by atoms with E-state index in [1.54, 1.807) is 31.2 Å². The third kappa shape index (κ3) is 3.06. The number of benzene rings is 2. The van der Waals surface area contributed by atoms with Gasteiger partial charge in [0.1, 0.15) is 22.8 Å². The molecule has 1 aliphatic carbocycles. The monoisotopic (exact) mass is 342 g/mol. The average Bonchev–Trinajstić information content (AvgIpc) is 2.56. The fourth-order valence-electron chi connectivity index (χ4n) is 3.47. The minimum absolute atomic E-state index is 0.0169. The van der Waals surface area contributed by atoms with Gasteiger partial charge in [-0.15, -0.1) is 0 Å². The summed E-state index contributed by atoms with van der Waals surface area (Å²) in [4.78, 5) is 12.1. The lowest BCUT2D eigenvalue weighted by atomic mass is 9.86. The van der Waals surface area contributed by atoms with Crippen molar-refractivity contribution in [3.8, 4) is 11.5 Å². The molecule has 0 saturated heterocycles. The van der Waals surface area contributed by atoms with E-state index in [2.05, 4.69) is 0 Å². The van der Waals surface area contributed by atoms with Crippen molar-refractivity contribution < 1.29 is 18.7 Å². The third-order valence-electron chi connectivity index (χ3n) is 4.95. The summed E-state index contributed by atoms with van der Waals surface area (Å²) in [5.41, 5.74) is -1.22. The van der Waals surface area contributed by atoms with Gasteiger partial charge in [-0.2, -0.15) is 0 Å². The number of aromatic hydroxyl groups is 1. The number of alkyl halides is 1. The molecular weight excluding hydrogens is 323 g/mol. The highest BCUT2D eigenvalue weighted by atomic mass is 19.1. The quantitative estimate of drug-likeness (QED) is 0.542. The Balaban J connectivity index is 1.72. The second-order valence-electron chi connectivity index (χ2n) is 7.01. The lowest BCUT2D eigenvalue weighted by Crippen LogP contribution is -2.31. The molecule has 25 heavy (non-hydrogen) atoms. The molecule has 2 aromatic carbocycles. The minimum atomic E-state index is -1.10. The number of ether oxygens (including phenoxy) is 1. The topological polar surface area (TPSA) is 59.7 Å². The molecule has 0 aliphatic heterocycles. The van der Waals surface area contributed by atoms with E-state index in [1.165, 1.54) is 6.07 Å². The highest BCUT2D eigenvalue weighted by Crippen LogP contribution is 2.34. The summed E-state index contributed by atoms with van der Waals surface area (Å²) in [6.45, 7) is 1.64. The summed E-state index contributed by atoms with van der Waals surface area (Å²) in [5.74, 6) is 0.693. The largest absolute Gasteiger partial charge is 0.508 e. The van der Waals surface area contributed by atoms with Crippen molar-refractivity contribution in [2.45, 2.75) is 44.4 Å². The van der Waals surface area contributed by atoms with Crippen molar-refractivity contribution in [3.63, 3.8) is 0 Å². The van der Waals surface area contributed by atoms with Gasteiger partial charge >= 0.3 is 5.63 Å². The van der Waals surface area contributed by atoms with Crippen LogP contribution in [0.4, 0.5) is 4.39 Å². The summed E-state index contributed by atoms with van der Waals surface area (Å²) < 4.78 is 25.2. The van der Waals surface area contributed by atoms with Crippen LogP contribution in [0.1, 0.15) is 32.6 Å². The van der Waals surface area contributed by atoms with E-state index >= 15 is 0 Å². The number of hydrogen-bond donors (Lipinski definition) is 1. The zero-order valence-corrected chi connectivity index (χ0v) is 13.9. The maximum absolute atomic E-state index is 13.9. The molecule has 1 saturated carbocycles. The molecule has 1 fully saturated rings. The molecule has 1 aliphatic rings. The van der Waals surface area contributed by atoms with Crippen LogP contribution in [-0.2, 0) is 0 Å². The van der Waals surface area contributed by atoms with E-state index in [0.29, 0.717) is 42.4 Å². The molecule has 0 atom stereocenters. The Morgan fingerprint density at radius 3 is 2.60 bits per heavy atom. The molecular formula is C20H19FO4. The van der Waals surface area contributed by atoms with Crippen LogP contribution in [0.5, 0.6) is 11.5 Å². The number of rotatable bonds is 2. The molecule has 0 bridgehead atoms. The lowest BCUT2D eigenvalue weighted by Gasteiger charge is -2.31. The van der Waals surface area contributed by atoms with Gasteiger partial charge < -0.3 is 14.3 Å². The molecule has 1 heterocycles. The zero-order chi connectivity index (χ0) is 17.6. The predicted octanol–water partition coefficient (Wildman–Crippen LogP) is 4.70. The molecule has 1 aromatic heterocycles. The smallest absolute Gasteiger partial charge is 0.344 e. The highest BCUT2D eigenvalue weighted by molar-refractivity contribution is 6.05. The Morgan fingerprint density at radius 1 is 1.12 bits per heavy atom. The van der Waals surface area contributed by atoms with Crippen LogP contribution < -0.4 is 10.4 Å². The maximum atomic E-state index is 13.9. The van der Waals surface area contributed by atoms with Crippen LogP contribution in [0, 0.1) is 0 Å². The molecule has 0 amide bonds. The van der Waals surface area contributed by atoms with Gasteiger partial charge in [0.25, 0.3) is 0 Å². The zero-order valence-electron chi connectivity index (χ0n) is 13.9. The molecule has 0 radical (unpaired) electrons. The summed E-state index contributed by atoms with van der Waals surface area (Å²) in [6.07, 6.45) is 2.33.